The van der Waals surface area contributed by atoms with E-state index < -0.39 is 0 Å². The number of ketones is 1. The van der Waals surface area contributed by atoms with Gasteiger partial charge in [0.1, 0.15) is 5.69 Å². The van der Waals surface area contributed by atoms with E-state index in [9.17, 15) is 14.4 Å². The predicted molar refractivity (Wildman–Crippen MR) is 158 cm³/mol. The van der Waals surface area contributed by atoms with E-state index in [0.29, 0.717) is 23.1 Å². The summed E-state index contributed by atoms with van der Waals surface area (Å²) in [6.07, 6.45) is 9.93. The maximum absolute atomic E-state index is 11.8. The Bertz CT molecular complexity index is 937. The van der Waals surface area contributed by atoms with Crippen molar-refractivity contribution in [2.24, 2.45) is 5.92 Å². The number of nitrogens with one attached hydrogen (secondary N) is 2. The number of likely N-dealkylation sites (N-methyl/N-ethyl adjacent to an activating group) is 2. The van der Waals surface area contributed by atoms with Gasteiger partial charge in [-0.2, -0.15) is 0 Å². The number of benzene rings is 1. The maximum atomic E-state index is 11.8. The average molecular weight is 545 g/mol. The zero-order valence-electron chi connectivity index (χ0n) is 24.2. The lowest BCUT2D eigenvalue weighted by Crippen LogP contribution is -2.38. The average Bonchev–Trinajstić information content (AvgIpc) is 3.69. The lowest BCUT2D eigenvalue weighted by molar-refractivity contribution is -0.131. The number of carbonyl (C=O) groups excluding carboxylic acids is 3. The first-order valence-electron chi connectivity index (χ1n) is 14.0. The number of aromatic nitrogens is 1. The normalized spacial score (nSPS) is 15.5. The third-order valence-electron chi connectivity index (χ3n) is 6.66. The van der Waals surface area contributed by atoms with Crippen molar-refractivity contribution >= 4 is 28.9 Å². The second kappa shape index (κ2) is 19.5. The topological polar surface area (TPSA) is 91.4 Å². The molecule has 1 saturated heterocycles. The first kappa shape index (κ1) is 33.4. The first-order valence-corrected chi connectivity index (χ1v) is 15.0. The molecule has 2 aliphatic rings. The SMILES string of the molecule is CC.CNC(=O)C(C)NC.Cc1cccc(C(=O)c2cscn2)c1.O=C(CC1CCCCC1)N1CCCC1. The Morgan fingerprint density at radius 2 is 1.71 bits per heavy atom. The lowest BCUT2D eigenvalue weighted by atomic mass is 9.87. The number of amides is 2. The van der Waals surface area contributed by atoms with Gasteiger partial charge in [-0.25, -0.2) is 4.98 Å². The standard InChI is InChI=1S/C12H21NO.C11H9NOS.C5H12N2O.C2H6/c14-12(13-8-4-5-9-13)10-11-6-2-1-3-7-11;1-8-3-2-4-9(5-8)11(13)10-6-14-7-12-10;1-4(6-2)5(8)7-3;1-2/h11H,1-10H2;2-7H,1H3;4,6H,1-3H3,(H,7,8);1-2H3. The fourth-order valence-electron chi connectivity index (χ4n) is 4.34. The summed E-state index contributed by atoms with van der Waals surface area (Å²) >= 11 is 1.43. The van der Waals surface area contributed by atoms with Crippen molar-refractivity contribution in [1.82, 2.24) is 20.5 Å². The van der Waals surface area contributed by atoms with Gasteiger partial charge in [0, 0.05) is 37.5 Å². The third-order valence-corrected chi connectivity index (χ3v) is 7.25. The summed E-state index contributed by atoms with van der Waals surface area (Å²) in [4.78, 5) is 40.3. The quantitative estimate of drug-likeness (QED) is 0.460. The summed E-state index contributed by atoms with van der Waals surface area (Å²) in [6.45, 7) is 9.81. The molecule has 7 nitrogen and oxygen atoms in total. The molecule has 2 aromatic rings. The van der Waals surface area contributed by atoms with Gasteiger partial charge in [-0.1, -0.05) is 56.9 Å². The Labute approximate surface area is 233 Å². The van der Waals surface area contributed by atoms with Gasteiger partial charge < -0.3 is 15.5 Å². The maximum Gasteiger partial charge on any atom is 0.236 e. The highest BCUT2D eigenvalue weighted by Crippen LogP contribution is 2.27. The molecule has 1 saturated carbocycles. The van der Waals surface area contributed by atoms with E-state index in [1.165, 1.54) is 56.3 Å². The Hall–Kier alpha value is -2.58. The van der Waals surface area contributed by atoms with Crippen molar-refractivity contribution in [3.05, 3.63) is 52.0 Å². The molecule has 1 atom stereocenters. The fourth-order valence-corrected chi connectivity index (χ4v) is 4.87. The molecule has 0 radical (unpaired) electrons. The van der Waals surface area contributed by atoms with Crippen LogP contribution in [0, 0.1) is 12.8 Å². The number of thiazole rings is 1. The van der Waals surface area contributed by atoms with Crippen LogP contribution in [0.2, 0.25) is 0 Å². The van der Waals surface area contributed by atoms with Crippen LogP contribution < -0.4 is 10.6 Å². The minimum atomic E-state index is -0.0833. The van der Waals surface area contributed by atoms with Crippen molar-refractivity contribution in [2.45, 2.75) is 85.1 Å². The largest absolute Gasteiger partial charge is 0.358 e. The minimum absolute atomic E-state index is 0.00468. The Morgan fingerprint density at radius 3 is 2.21 bits per heavy atom. The molecule has 1 aliphatic carbocycles. The highest BCUT2D eigenvalue weighted by molar-refractivity contribution is 7.07. The van der Waals surface area contributed by atoms with Crippen LogP contribution in [0.25, 0.3) is 0 Å². The van der Waals surface area contributed by atoms with Crippen molar-refractivity contribution in [2.75, 3.05) is 27.2 Å². The number of hydrogen-bond acceptors (Lipinski definition) is 6. The molecular formula is C30H48N4O3S. The highest BCUT2D eigenvalue weighted by Gasteiger charge is 2.22. The molecule has 4 rings (SSSR count). The summed E-state index contributed by atoms with van der Waals surface area (Å²) in [6, 6.07) is 7.46. The lowest BCUT2D eigenvalue weighted by Gasteiger charge is -2.23. The highest BCUT2D eigenvalue weighted by atomic mass is 32.1. The molecule has 2 heterocycles. The van der Waals surface area contributed by atoms with Crippen LogP contribution in [0.1, 0.15) is 93.8 Å². The molecule has 0 bridgehead atoms. The summed E-state index contributed by atoms with van der Waals surface area (Å²) in [5, 5.41) is 7.09. The summed E-state index contributed by atoms with van der Waals surface area (Å²) < 4.78 is 0. The van der Waals surface area contributed by atoms with Gasteiger partial charge in [0.25, 0.3) is 0 Å². The number of likely N-dealkylation sites (tertiary alicyclic amines) is 1. The van der Waals surface area contributed by atoms with Gasteiger partial charge in [-0.15, -0.1) is 11.3 Å². The summed E-state index contributed by atoms with van der Waals surface area (Å²) in [5.41, 5.74) is 3.99. The molecule has 212 valence electrons. The Balaban J connectivity index is 0.000000287. The predicted octanol–water partition coefficient (Wildman–Crippen LogP) is 5.63. The number of carbonyl (C=O) groups is 3. The van der Waals surface area contributed by atoms with Crippen LogP contribution in [0.5, 0.6) is 0 Å². The van der Waals surface area contributed by atoms with E-state index in [1.54, 1.807) is 31.9 Å². The van der Waals surface area contributed by atoms with E-state index in [0.717, 1.165) is 25.1 Å². The molecule has 1 unspecified atom stereocenters. The number of nitrogens with zero attached hydrogens (tertiary/aromatic N) is 2. The molecule has 2 fully saturated rings. The smallest absolute Gasteiger partial charge is 0.236 e. The zero-order chi connectivity index (χ0) is 28.3. The first-order chi connectivity index (χ1) is 18.3. The number of aryl methyl sites for hydroxylation is 1. The van der Waals surface area contributed by atoms with Gasteiger partial charge in [0.2, 0.25) is 17.6 Å². The van der Waals surface area contributed by atoms with Gasteiger partial charge >= 0.3 is 0 Å². The molecule has 38 heavy (non-hydrogen) atoms. The van der Waals surface area contributed by atoms with Crippen molar-refractivity contribution in [1.29, 1.82) is 0 Å². The van der Waals surface area contributed by atoms with Gasteiger partial charge in [-0.05, 0) is 58.6 Å². The monoisotopic (exact) mass is 544 g/mol. The molecule has 2 amide bonds. The van der Waals surface area contributed by atoms with Crippen LogP contribution >= 0.6 is 11.3 Å². The number of rotatable bonds is 6. The molecular weight excluding hydrogens is 496 g/mol. The van der Waals surface area contributed by atoms with Crippen LogP contribution in [0.15, 0.2) is 35.2 Å². The van der Waals surface area contributed by atoms with Crippen molar-refractivity contribution < 1.29 is 14.4 Å². The molecule has 8 heteroatoms. The minimum Gasteiger partial charge on any atom is -0.358 e. The number of hydrogen-bond donors (Lipinski definition) is 2. The zero-order valence-corrected chi connectivity index (χ0v) is 25.0. The molecule has 1 aromatic heterocycles. The van der Waals surface area contributed by atoms with Crippen LogP contribution in [-0.2, 0) is 9.59 Å². The Kier molecular flexibility index (Phi) is 17.1. The van der Waals surface area contributed by atoms with Crippen molar-refractivity contribution in [3.63, 3.8) is 0 Å². The van der Waals surface area contributed by atoms with E-state index in [1.807, 2.05) is 45.0 Å². The van der Waals surface area contributed by atoms with Crippen molar-refractivity contribution in [3.8, 4) is 0 Å². The molecule has 2 N–H and O–H groups in total. The van der Waals surface area contributed by atoms with Crippen LogP contribution in [0.3, 0.4) is 0 Å². The van der Waals surface area contributed by atoms with E-state index in [2.05, 4.69) is 20.5 Å². The molecule has 1 aliphatic heterocycles. The third kappa shape index (κ3) is 12.3. The Morgan fingerprint density at radius 1 is 1.05 bits per heavy atom. The fraction of sp³-hybridized carbons (Fsp3) is 0.600. The van der Waals surface area contributed by atoms with Gasteiger partial charge in [0.15, 0.2) is 0 Å². The second-order valence-corrected chi connectivity index (χ2v) is 10.2. The van der Waals surface area contributed by atoms with Gasteiger partial charge in [0.05, 0.1) is 11.6 Å². The summed E-state index contributed by atoms with van der Waals surface area (Å²) in [7, 11) is 3.37. The van der Waals surface area contributed by atoms with Crippen LogP contribution in [0.4, 0.5) is 0 Å². The van der Waals surface area contributed by atoms with Crippen LogP contribution in [-0.4, -0.2) is 60.7 Å². The van der Waals surface area contributed by atoms with Gasteiger partial charge in [-0.3, -0.25) is 14.4 Å². The van der Waals surface area contributed by atoms with E-state index in [4.69, 9.17) is 0 Å². The second-order valence-electron chi connectivity index (χ2n) is 9.49. The summed E-state index contributed by atoms with van der Waals surface area (Å²) in [5.74, 6) is 1.15. The van der Waals surface area contributed by atoms with E-state index in [-0.39, 0.29) is 17.7 Å². The van der Waals surface area contributed by atoms with E-state index >= 15 is 0 Å². The molecule has 1 aromatic carbocycles. The molecule has 0 spiro atoms.